The quantitative estimate of drug-likeness (QED) is 0.717. The molecule has 8 heteroatoms. The molecule has 0 fully saturated rings. The fraction of sp³-hybridized carbons (Fsp3) is 0.273. The minimum atomic E-state index is -0.374. The van der Waals surface area contributed by atoms with Gasteiger partial charge in [0.1, 0.15) is 31.5 Å². The summed E-state index contributed by atoms with van der Waals surface area (Å²) in [5.41, 5.74) is 2.35. The third-order valence-electron chi connectivity index (χ3n) is 5.21. The highest BCUT2D eigenvalue weighted by Crippen LogP contribution is 2.35. The van der Waals surface area contributed by atoms with E-state index in [1.807, 2.05) is 24.4 Å². The molecule has 2 aliphatic heterocycles. The first-order valence-corrected chi connectivity index (χ1v) is 9.77. The number of amides is 1. The van der Waals surface area contributed by atoms with Crippen LogP contribution in [-0.2, 0) is 17.9 Å². The van der Waals surface area contributed by atoms with E-state index >= 15 is 0 Å². The standard InChI is InChI=1S/C22H20FN3O4/c23-16-4-1-14(2-5-16)22(27)25-10-17-12-26-18(11-24-21(26)13-30-17)15-3-6-19-20(9-15)29-8-7-28-19/h1-6,9,11,17H,7-8,10,12-13H2,(H,25,27)/t17-/m0/s1. The third-order valence-corrected chi connectivity index (χ3v) is 5.21. The van der Waals surface area contributed by atoms with E-state index in [0.717, 1.165) is 28.6 Å². The highest BCUT2D eigenvalue weighted by atomic mass is 19.1. The van der Waals surface area contributed by atoms with E-state index in [1.165, 1.54) is 24.3 Å². The number of hydrogen-bond donors (Lipinski definition) is 1. The Labute approximate surface area is 172 Å². The molecule has 154 valence electrons. The third kappa shape index (κ3) is 3.61. The van der Waals surface area contributed by atoms with Crippen LogP contribution in [0.1, 0.15) is 16.2 Å². The number of imidazole rings is 1. The molecule has 1 atom stereocenters. The molecule has 2 aliphatic rings. The maximum atomic E-state index is 13.0. The Kier molecular flexibility index (Phi) is 4.84. The van der Waals surface area contributed by atoms with Gasteiger partial charge in [0.25, 0.3) is 5.91 Å². The number of fused-ring (bicyclic) bond motifs is 2. The summed E-state index contributed by atoms with van der Waals surface area (Å²) in [6.45, 7) is 2.35. The Morgan fingerprint density at radius 1 is 1.13 bits per heavy atom. The van der Waals surface area contributed by atoms with Crippen molar-refractivity contribution >= 4 is 5.91 Å². The van der Waals surface area contributed by atoms with Crippen LogP contribution < -0.4 is 14.8 Å². The van der Waals surface area contributed by atoms with Gasteiger partial charge in [-0.25, -0.2) is 9.37 Å². The Morgan fingerprint density at radius 3 is 2.77 bits per heavy atom. The second kappa shape index (κ2) is 7.79. The van der Waals surface area contributed by atoms with E-state index in [1.54, 1.807) is 0 Å². The van der Waals surface area contributed by atoms with E-state index in [9.17, 15) is 9.18 Å². The first kappa shape index (κ1) is 18.6. The maximum Gasteiger partial charge on any atom is 0.251 e. The molecule has 0 saturated carbocycles. The van der Waals surface area contributed by atoms with Crippen LogP contribution in [0.4, 0.5) is 4.39 Å². The molecule has 0 saturated heterocycles. The van der Waals surface area contributed by atoms with Crippen LogP contribution in [0.3, 0.4) is 0 Å². The lowest BCUT2D eigenvalue weighted by Gasteiger charge is -2.26. The van der Waals surface area contributed by atoms with Gasteiger partial charge in [-0.3, -0.25) is 4.79 Å². The number of halogens is 1. The van der Waals surface area contributed by atoms with Crippen LogP contribution in [0, 0.1) is 5.82 Å². The minimum absolute atomic E-state index is 0.202. The molecule has 5 rings (SSSR count). The fourth-order valence-electron chi connectivity index (χ4n) is 3.65. The summed E-state index contributed by atoms with van der Waals surface area (Å²) < 4.78 is 32.3. The molecule has 3 aromatic rings. The van der Waals surface area contributed by atoms with Crippen LogP contribution in [0.15, 0.2) is 48.7 Å². The van der Waals surface area contributed by atoms with E-state index in [4.69, 9.17) is 14.2 Å². The van der Waals surface area contributed by atoms with Gasteiger partial charge in [0.05, 0.1) is 24.5 Å². The summed E-state index contributed by atoms with van der Waals surface area (Å²) in [5.74, 6) is 1.67. The van der Waals surface area contributed by atoms with Crippen molar-refractivity contribution in [3.63, 3.8) is 0 Å². The lowest BCUT2D eigenvalue weighted by molar-refractivity contribution is 0.00374. The van der Waals surface area contributed by atoms with Crippen LogP contribution in [0.5, 0.6) is 11.5 Å². The number of carbonyl (C=O) groups excluding carboxylic acids is 1. The predicted molar refractivity (Wildman–Crippen MR) is 106 cm³/mol. The zero-order valence-corrected chi connectivity index (χ0v) is 16.1. The van der Waals surface area contributed by atoms with Crippen LogP contribution in [-0.4, -0.2) is 41.3 Å². The van der Waals surface area contributed by atoms with Gasteiger partial charge in [0, 0.05) is 17.7 Å². The van der Waals surface area contributed by atoms with Gasteiger partial charge in [-0.1, -0.05) is 0 Å². The second-order valence-electron chi connectivity index (χ2n) is 7.18. The summed E-state index contributed by atoms with van der Waals surface area (Å²) in [5, 5.41) is 2.85. The lowest BCUT2D eigenvalue weighted by atomic mass is 10.1. The number of hydrogen-bond acceptors (Lipinski definition) is 5. The lowest BCUT2D eigenvalue weighted by Crippen LogP contribution is -2.39. The molecule has 0 bridgehead atoms. The molecular weight excluding hydrogens is 389 g/mol. The van der Waals surface area contributed by atoms with Gasteiger partial charge < -0.3 is 24.1 Å². The largest absolute Gasteiger partial charge is 0.486 e. The van der Waals surface area contributed by atoms with Crippen molar-refractivity contribution in [2.75, 3.05) is 19.8 Å². The molecular formula is C22H20FN3O4. The molecule has 1 amide bonds. The van der Waals surface area contributed by atoms with Gasteiger partial charge in [-0.05, 0) is 42.5 Å². The smallest absolute Gasteiger partial charge is 0.251 e. The zero-order chi connectivity index (χ0) is 20.5. The van der Waals surface area contributed by atoms with Crippen molar-refractivity contribution in [2.24, 2.45) is 0 Å². The number of nitrogens with one attached hydrogen (secondary N) is 1. The van der Waals surface area contributed by atoms with E-state index in [2.05, 4.69) is 14.9 Å². The maximum absolute atomic E-state index is 13.0. The fourth-order valence-corrected chi connectivity index (χ4v) is 3.65. The first-order valence-electron chi connectivity index (χ1n) is 9.77. The van der Waals surface area contributed by atoms with Crippen molar-refractivity contribution < 1.29 is 23.4 Å². The predicted octanol–water partition coefficient (Wildman–Crippen LogP) is 2.79. The highest BCUT2D eigenvalue weighted by Gasteiger charge is 2.24. The highest BCUT2D eigenvalue weighted by molar-refractivity contribution is 5.94. The van der Waals surface area contributed by atoms with Crippen molar-refractivity contribution in [1.29, 1.82) is 0 Å². The molecule has 0 unspecified atom stereocenters. The molecule has 0 spiro atoms. The minimum Gasteiger partial charge on any atom is -0.486 e. The number of ether oxygens (including phenoxy) is 3. The summed E-state index contributed by atoms with van der Waals surface area (Å²) >= 11 is 0. The van der Waals surface area contributed by atoms with Gasteiger partial charge >= 0.3 is 0 Å². The average molecular weight is 409 g/mol. The van der Waals surface area contributed by atoms with Crippen molar-refractivity contribution in [3.05, 3.63) is 65.9 Å². The van der Waals surface area contributed by atoms with Crippen molar-refractivity contribution in [1.82, 2.24) is 14.9 Å². The monoisotopic (exact) mass is 409 g/mol. The first-order chi connectivity index (χ1) is 14.7. The average Bonchev–Trinajstić information content (AvgIpc) is 3.21. The summed E-state index contributed by atoms with van der Waals surface area (Å²) in [6, 6.07) is 11.3. The second-order valence-corrected chi connectivity index (χ2v) is 7.18. The van der Waals surface area contributed by atoms with Crippen LogP contribution >= 0.6 is 0 Å². The van der Waals surface area contributed by atoms with Gasteiger partial charge in [0.2, 0.25) is 0 Å². The number of aromatic nitrogens is 2. The van der Waals surface area contributed by atoms with E-state index < -0.39 is 0 Å². The molecule has 7 nitrogen and oxygen atoms in total. The number of benzene rings is 2. The van der Waals surface area contributed by atoms with Gasteiger partial charge in [0.15, 0.2) is 11.5 Å². The number of nitrogens with zero attached hydrogens (tertiary/aromatic N) is 2. The Morgan fingerprint density at radius 2 is 1.93 bits per heavy atom. The van der Waals surface area contributed by atoms with Gasteiger partial charge in [-0.2, -0.15) is 0 Å². The van der Waals surface area contributed by atoms with E-state index in [0.29, 0.717) is 38.5 Å². The molecule has 30 heavy (non-hydrogen) atoms. The van der Waals surface area contributed by atoms with Crippen LogP contribution in [0.25, 0.3) is 11.3 Å². The number of rotatable bonds is 4. The summed E-state index contributed by atoms with van der Waals surface area (Å²) in [7, 11) is 0. The van der Waals surface area contributed by atoms with Crippen LogP contribution in [0.2, 0.25) is 0 Å². The molecule has 0 aliphatic carbocycles. The Bertz CT molecular complexity index is 1080. The topological polar surface area (TPSA) is 74.6 Å². The zero-order valence-electron chi connectivity index (χ0n) is 16.1. The van der Waals surface area contributed by atoms with Gasteiger partial charge in [-0.15, -0.1) is 0 Å². The molecule has 3 heterocycles. The normalized spacial score (nSPS) is 17.3. The molecule has 1 N–H and O–H groups in total. The van der Waals surface area contributed by atoms with Crippen molar-refractivity contribution in [2.45, 2.75) is 19.3 Å². The van der Waals surface area contributed by atoms with E-state index in [-0.39, 0.29) is 17.8 Å². The number of carbonyl (C=O) groups is 1. The Hall–Kier alpha value is -3.39. The van der Waals surface area contributed by atoms with Crippen molar-refractivity contribution in [3.8, 4) is 22.8 Å². The molecule has 1 aromatic heterocycles. The molecule has 0 radical (unpaired) electrons. The SMILES string of the molecule is O=C(NC[C@H]1Cn2c(-c3ccc4c(c3)OCCO4)cnc2CO1)c1ccc(F)cc1. The molecule has 2 aromatic carbocycles. The summed E-state index contributed by atoms with van der Waals surface area (Å²) in [6.07, 6.45) is 1.62. The summed E-state index contributed by atoms with van der Waals surface area (Å²) in [4.78, 5) is 16.8. The Balaban J connectivity index is 1.29.